The van der Waals surface area contributed by atoms with E-state index in [1.807, 2.05) is 6.92 Å². The van der Waals surface area contributed by atoms with Crippen molar-refractivity contribution in [3.05, 3.63) is 16.4 Å². The molecule has 1 aliphatic rings. The molecule has 1 aromatic rings. The zero-order valence-corrected chi connectivity index (χ0v) is 11.9. The number of carbonyl (C=O) groups excluding carboxylic acids is 1. The van der Waals surface area contributed by atoms with Crippen molar-refractivity contribution >= 4 is 21.7 Å². The molecule has 0 aliphatic carbocycles. The van der Waals surface area contributed by atoms with Gasteiger partial charge in [-0.2, -0.15) is 5.10 Å². The van der Waals surface area contributed by atoms with Crippen LogP contribution in [0, 0.1) is 0 Å². The Balaban J connectivity index is 2.32. The summed E-state index contributed by atoms with van der Waals surface area (Å²) in [6.45, 7) is 5.77. The highest BCUT2D eigenvalue weighted by Gasteiger charge is 2.38. The first-order valence-corrected chi connectivity index (χ1v) is 6.89. The molecule has 94 valence electrons. The van der Waals surface area contributed by atoms with E-state index in [9.17, 15) is 4.79 Å². The average molecular weight is 300 g/mol. The number of nitrogens with zero attached hydrogens (tertiary/aromatic N) is 2. The number of hydrogen-bond donors (Lipinski definition) is 1. The molecule has 1 unspecified atom stereocenters. The van der Waals surface area contributed by atoms with Gasteiger partial charge >= 0.3 is 0 Å². The first-order chi connectivity index (χ1) is 8.08. The third-order valence-corrected chi connectivity index (χ3v) is 3.90. The summed E-state index contributed by atoms with van der Waals surface area (Å²) in [6, 6.07) is 0. The summed E-state index contributed by atoms with van der Waals surface area (Å²) in [5.41, 5.74) is 0.275. The second-order valence-corrected chi connectivity index (χ2v) is 5.61. The summed E-state index contributed by atoms with van der Waals surface area (Å²) < 4.78 is 2.60. The van der Waals surface area contributed by atoms with Gasteiger partial charge in [0.15, 0.2) is 0 Å². The van der Waals surface area contributed by atoms with E-state index in [1.54, 1.807) is 10.9 Å². The van der Waals surface area contributed by atoms with Crippen LogP contribution in [-0.2, 0) is 6.54 Å². The summed E-state index contributed by atoms with van der Waals surface area (Å²) in [4.78, 5) is 12.6. The van der Waals surface area contributed by atoms with E-state index in [1.165, 1.54) is 0 Å². The van der Waals surface area contributed by atoms with Crippen LogP contribution in [0.15, 0.2) is 10.7 Å². The molecule has 17 heavy (non-hydrogen) atoms. The number of nitrogens with one attached hydrogen (secondary N) is 1. The summed E-state index contributed by atoms with van der Waals surface area (Å²) in [6.07, 6.45) is 4.64. The van der Waals surface area contributed by atoms with E-state index in [4.69, 9.17) is 0 Å². The third kappa shape index (κ3) is 2.31. The summed E-state index contributed by atoms with van der Waals surface area (Å²) in [5.74, 6) is 0.146. The molecule has 0 amide bonds. The molecular weight excluding hydrogens is 282 g/mol. The Labute approximate surface area is 110 Å². The van der Waals surface area contributed by atoms with Gasteiger partial charge in [0.2, 0.25) is 5.78 Å². The molecule has 2 heterocycles. The van der Waals surface area contributed by atoms with Gasteiger partial charge in [-0.15, -0.1) is 0 Å². The maximum absolute atomic E-state index is 12.6. The lowest BCUT2D eigenvalue weighted by molar-refractivity contribution is 0.0872. The van der Waals surface area contributed by atoms with Crippen molar-refractivity contribution in [1.82, 2.24) is 15.1 Å². The Morgan fingerprint density at radius 2 is 2.47 bits per heavy atom. The zero-order valence-electron chi connectivity index (χ0n) is 10.3. The minimum atomic E-state index is -0.423. The summed E-state index contributed by atoms with van der Waals surface area (Å²) >= 11 is 3.43. The first-order valence-electron chi connectivity index (χ1n) is 6.09. The van der Waals surface area contributed by atoms with Crippen molar-refractivity contribution in [3.63, 3.8) is 0 Å². The highest BCUT2D eigenvalue weighted by molar-refractivity contribution is 9.10. The second-order valence-electron chi connectivity index (χ2n) is 4.76. The molecule has 1 N–H and O–H groups in total. The topological polar surface area (TPSA) is 46.9 Å². The highest BCUT2D eigenvalue weighted by Crippen LogP contribution is 2.27. The molecular formula is C12H18BrN3O. The van der Waals surface area contributed by atoms with E-state index in [0.29, 0.717) is 5.69 Å². The van der Waals surface area contributed by atoms with Gasteiger partial charge < -0.3 is 5.32 Å². The van der Waals surface area contributed by atoms with Gasteiger partial charge in [0.1, 0.15) is 5.69 Å². The molecule has 5 heteroatoms. The molecule has 0 saturated carbocycles. The third-order valence-electron chi connectivity index (χ3n) is 3.32. The number of hydrogen-bond acceptors (Lipinski definition) is 3. The number of Topliss-reactive ketones (excluding diaryl/α,β-unsaturated/α-hetero) is 1. The molecule has 2 rings (SSSR count). The lowest BCUT2D eigenvalue weighted by atomic mass is 9.92. The Bertz CT molecular complexity index is 421. The van der Waals surface area contributed by atoms with Crippen molar-refractivity contribution in [2.75, 3.05) is 6.54 Å². The normalized spacial score (nSPS) is 24.2. The van der Waals surface area contributed by atoms with E-state index in [0.717, 1.165) is 36.8 Å². The minimum Gasteiger partial charge on any atom is -0.305 e. The van der Waals surface area contributed by atoms with Crippen LogP contribution in [0.5, 0.6) is 0 Å². The summed E-state index contributed by atoms with van der Waals surface area (Å²) in [7, 11) is 0. The van der Waals surface area contributed by atoms with Gasteiger partial charge in [0.05, 0.1) is 16.2 Å². The van der Waals surface area contributed by atoms with Gasteiger partial charge in [0.25, 0.3) is 0 Å². The van der Waals surface area contributed by atoms with Gasteiger partial charge in [-0.05, 0) is 48.7 Å². The van der Waals surface area contributed by atoms with Crippen molar-refractivity contribution in [2.24, 2.45) is 0 Å². The zero-order chi connectivity index (χ0) is 12.5. The number of carbonyl (C=O) groups is 1. The van der Waals surface area contributed by atoms with Crippen molar-refractivity contribution in [2.45, 2.75) is 45.2 Å². The van der Waals surface area contributed by atoms with Crippen molar-refractivity contribution in [1.29, 1.82) is 0 Å². The van der Waals surface area contributed by atoms with E-state index in [-0.39, 0.29) is 5.78 Å². The minimum absolute atomic E-state index is 0.146. The van der Waals surface area contributed by atoms with Crippen LogP contribution in [0.4, 0.5) is 0 Å². The van der Waals surface area contributed by atoms with Crippen molar-refractivity contribution in [3.8, 4) is 0 Å². The van der Waals surface area contributed by atoms with Crippen LogP contribution in [0.1, 0.15) is 43.6 Å². The Morgan fingerprint density at radius 3 is 3.06 bits per heavy atom. The molecule has 1 saturated heterocycles. The van der Waals surface area contributed by atoms with Crippen LogP contribution in [-0.4, -0.2) is 27.6 Å². The van der Waals surface area contributed by atoms with Gasteiger partial charge in [-0.3, -0.25) is 9.48 Å². The standard InChI is InChI=1S/C12H18BrN3O/c1-3-7-16-10(9(13)8-15-16)11(17)12(2)5-4-6-14-12/h8,14H,3-7H2,1-2H3. The van der Waals surface area contributed by atoms with E-state index < -0.39 is 5.54 Å². The molecule has 0 bridgehead atoms. The number of aromatic nitrogens is 2. The molecule has 0 radical (unpaired) electrons. The smallest absolute Gasteiger partial charge is 0.201 e. The van der Waals surface area contributed by atoms with Gasteiger partial charge in [-0.25, -0.2) is 0 Å². The molecule has 0 aromatic carbocycles. The van der Waals surface area contributed by atoms with Crippen LogP contribution < -0.4 is 5.32 Å². The summed E-state index contributed by atoms with van der Waals surface area (Å²) in [5, 5.41) is 7.56. The van der Waals surface area contributed by atoms with Crippen molar-refractivity contribution < 1.29 is 4.79 Å². The lowest BCUT2D eigenvalue weighted by Crippen LogP contribution is -2.45. The van der Waals surface area contributed by atoms with Crippen LogP contribution >= 0.6 is 15.9 Å². The fourth-order valence-electron chi connectivity index (χ4n) is 2.32. The maximum atomic E-state index is 12.6. The average Bonchev–Trinajstić information content (AvgIpc) is 2.87. The Morgan fingerprint density at radius 1 is 1.71 bits per heavy atom. The van der Waals surface area contributed by atoms with Crippen LogP contribution in [0.2, 0.25) is 0 Å². The number of rotatable bonds is 4. The molecule has 4 nitrogen and oxygen atoms in total. The fourth-order valence-corrected chi connectivity index (χ4v) is 2.80. The van der Waals surface area contributed by atoms with E-state index >= 15 is 0 Å². The maximum Gasteiger partial charge on any atom is 0.201 e. The fraction of sp³-hybridized carbons (Fsp3) is 0.667. The second kappa shape index (κ2) is 4.90. The number of ketones is 1. The first kappa shape index (κ1) is 12.8. The Hall–Kier alpha value is -0.680. The molecule has 0 spiro atoms. The Kier molecular flexibility index (Phi) is 3.68. The predicted octanol–water partition coefficient (Wildman–Crippen LogP) is 2.38. The number of aryl methyl sites for hydroxylation is 1. The van der Waals surface area contributed by atoms with E-state index in [2.05, 4.69) is 33.3 Å². The predicted molar refractivity (Wildman–Crippen MR) is 70.2 cm³/mol. The highest BCUT2D eigenvalue weighted by atomic mass is 79.9. The molecule has 1 fully saturated rings. The molecule has 1 aliphatic heterocycles. The number of halogens is 1. The monoisotopic (exact) mass is 299 g/mol. The van der Waals surface area contributed by atoms with Crippen LogP contribution in [0.25, 0.3) is 0 Å². The largest absolute Gasteiger partial charge is 0.305 e. The molecule has 1 atom stereocenters. The van der Waals surface area contributed by atoms with Gasteiger partial charge in [-0.1, -0.05) is 6.92 Å². The lowest BCUT2D eigenvalue weighted by Gasteiger charge is -2.23. The molecule has 1 aromatic heterocycles. The van der Waals surface area contributed by atoms with Crippen LogP contribution in [0.3, 0.4) is 0 Å². The quantitative estimate of drug-likeness (QED) is 0.869. The van der Waals surface area contributed by atoms with Gasteiger partial charge in [0, 0.05) is 6.54 Å². The SMILES string of the molecule is CCCn1ncc(Br)c1C(=O)C1(C)CCCN1.